The number of hydrogen-bond donors (Lipinski definition) is 1. The van der Waals surface area contributed by atoms with E-state index in [4.69, 9.17) is 4.74 Å². The van der Waals surface area contributed by atoms with Crippen LogP contribution in [0.25, 0.3) is 5.69 Å². The molecule has 0 aliphatic heterocycles. The lowest BCUT2D eigenvalue weighted by atomic mass is 10.1. The standard InChI is InChI=1S/C28H30N4O4/c1-3-36-28(35)25-16-29-32(18(25)2)24-12-8-21(9-13-24)27(34)31(23-14-15-23)17-19-4-6-20(7-5-19)26(33)30-22-10-11-22/h4-9,12-13,16,22-23H,3,10-11,14-15,17H2,1-2H3,(H,30,33). The Morgan fingerprint density at radius 1 is 1.00 bits per heavy atom. The zero-order valence-electron chi connectivity index (χ0n) is 20.6. The smallest absolute Gasteiger partial charge is 0.341 e. The quantitative estimate of drug-likeness (QED) is 0.461. The number of carbonyl (C=O) groups is 3. The van der Waals surface area contributed by atoms with Crippen molar-refractivity contribution in [3.63, 3.8) is 0 Å². The predicted molar refractivity (Wildman–Crippen MR) is 134 cm³/mol. The van der Waals surface area contributed by atoms with E-state index in [0.717, 1.165) is 36.9 Å². The third-order valence-corrected chi connectivity index (χ3v) is 6.59. The second-order valence-electron chi connectivity index (χ2n) is 9.43. The number of benzene rings is 2. The second kappa shape index (κ2) is 9.97. The molecule has 2 amide bonds. The summed E-state index contributed by atoms with van der Waals surface area (Å²) < 4.78 is 6.75. The molecule has 0 saturated heterocycles. The van der Waals surface area contributed by atoms with Crippen molar-refractivity contribution in [2.75, 3.05) is 6.61 Å². The largest absolute Gasteiger partial charge is 0.462 e. The molecule has 2 fully saturated rings. The fourth-order valence-electron chi connectivity index (χ4n) is 4.20. The van der Waals surface area contributed by atoms with Gasteiger partial charge in [0, 0.05) is 29.8 Å². The number of nitrogens with one attached hydrogen (secondary N) is 1. The van der Waals surface area contributed by atoms with Crippen LogP contribution in [0.5, 0.6) is 0 Å². The molecular formula is C28H30N4O4. The summed E-state index contributed by atoms with van der Waals surface area (Å²) >= 11 is 0. The number of amides is 2. The van der Waals surface area contributed by atoms with Gasteiger partial charge in [0.2, 0.25) is 0 Å². The summed E-state index contributed by atoms with van der Waals surface area (Å²) in [5, 5.41) is 7.32. The van der Waals surface area contributed by atoms with Crippen molar-refractivity contribution in [1.82, 2.24) is 20.0 Å². The number of carbonyl (C=O) groups excluding carboxylic acids is 3. The molecule has 186 valence electrons. The minimum Gasteiger partial charge on any atom is -0.462 e. The Morgan fingerprint density at radius 3 is 2.28 bits per heavy atom. The molecule has 2 aliphatic carbocycles. The van der Waals surface area contributed by atoms with Crippen LogP contribution in [0, 0.1) is 6.92 Å². The highest BCUT2D eigenvalue weighted by Crippen LogP contribution is 2.30. The lowest BCUT2D eigenvalue weighted by Crippen LogP contribution is -2.32. The van der Waals surface area contributed by atoms with Crippen LogP contribution in [0.4, 0.5) is 0 Å². The molecule has 0 unspecified atom stereocenters. The van der Waals surface area contributed by atoms with Crippen LogP contribution >= 0.6 is 0 Å². The van der Waals surface area contributed by atoms with Gasteiger partial charge in [0.15, 0.2) is 0 Å². The molecule has 5 rings (SSSR count). The highest BCUT2D eigenvalue weighted by atomic mass is 16.5. The lowest BCUT2D eigenvalue weighted by Gasteiger charge is -2.23. The van der Waals surface area contributed by atoms with E-state index in [-0.39, 0.29) is 17.9 Å². The van der Waals surface area contributed by atoms with Gasteiger partial charge in [-0.05, 0) is 81.5 Å². The fraction of sp³-hybridized carbons (Fsp3) is 0.357. The maximum atomic E-state index is 13.4. The average Bonchev–Trinajstić information content (AvgIpc) is 3.82. The molecule has 1 heterocycles. The summed E-state index contributed by atoms with van der Waals surface area (Å²) in [6.45, 7) is 4.38. The first-order valence-corrected chi connectivity index (χ1v) is 12.5. The zero-order valence-corrected chi connectivity index (χ0v) is 20.6. The second-order valence-corrected chi connectivity index (χ2v) is 9.43. The highest BCUT2D eigenvalue weighted by molar-refractivity contribution is 5.95. The molecule has 1 aromatic heterocycles. The van der Waals surface area contributed by atoms with E-state index in [1.54, 1.807) is 23.7 Å². The van der Waals surface area contributed by atoms with Gasteiger partial charge in [0.05, 0.1) is 24.2 Å². The van der Waals surface area contributed by atoms with Gasteiger partial charge in [-0.25, -0.2) is 9.48 Å². The normalized spacial score (nSPS) is 14.8. The molecule has 0 radical (unpaired) electrons. The van der Waals surface area contributed by atoms with Crippen LogP contribution in [0.15, 0.2) is 54.7 Å². The zero-order chi connectivity index (χ0) is 25.2. The molecule has 0 bridgehead atoms. The van der Waals surface area contributed by atoms with E-state index in [1.807, 2.05) is 48.2 Å². The van der Waals surface area contributed by atoms with Gasteiger partial charge in [-0.2, -0.15) is 5.10 Å². The molecule has 0 spiro atoms. The van der Waals surface area contributed by atoms with Gasteiger partial charge in [-0.15, -0.1) is 0 Å². The van der Waals surface area contributed by atoms with Gasteiger partial charge in [0.25, 0.3) is 11.8 Å². The van der Waals surface area contributed by atoms with E-state index in [0.29, 0.717) is 41.6 Å². The summed E-state index contributed by atoms with van der Waals surface area (Å²) in [6, 6.07) is 15.3. The molecule has 2 aromatic carbocycles. The fourth-order valence-corrected chi connectivity index (χ4v) is 4.20. The molecule has 8 nitrogen and oxygen atoms in total. The number of aromatic nitrogens is 2. The molecule has 2 aliphatic rings. The molecule has 0 atom stereocenters. The van der Waals surface area contributed by atoms with Crippen molar-refractivity contribution in [1.29, 1.82) is 0 Å². The monoisotopic (exact) mass is 486 g/mol. The minimum absolute atomic E-state index is 0.0241. The van der Waals surface area contributed by atoms with Crippen molar-refractivity contribution in [3.05, 3.63) is 82.7 Å². The van der Waals surface area contributed by atoms with Gasteiger partial charge >= 0.3 is 5.97 Å². The van der Waals surface area contributed by atoms with E-state index in [9.17, 15) is 14.4 Å². The minimum atomic E-state index is -0.398. The summed E-state index contributed by atoms with van der Waals surface area (Å²) in [6.07, 6.45) is 5.60. The van der Waals surface area contributed by atoms with Gasteiger partial charge in [-0.1, -0.05) is 12.1 Å². The number of hydrogen-bond acceptors (Lipinski definition) is 5. The van der Waals surface area contributed by atoms with Crippen molar-refractivity contribution in [2.45, 2.75) is 58.2 Å². The Hall–Kier alpha value is -3.94. The van der Waals surface area contributed by atoms with Gasteiger partial charge in [0.1, 0.15) is 5.56 Å². The first-order chi connectivity index (χ1) is 17.4. The molecule has 1 N–H and O–H groups in total. The van der Waals surface area contributed by atoms with Crippen molar-refractivity contribution >= 4 is 17.8 Å². The van der Waals surface area contributed by atoms with Crippen LogP contribution in [-0.4, -0.2) is 51.2 Å². The Balaban J connectivity index is 1.28. The maximum absolute atomic E-state index is 13.4. The van der Waals surface area contributed by atoms with Crippen LogP contribution in [0.2, 0.25) is 0 Å². The van der Waals surface area contributed by atoms with E-state index in [2.05, 4.69) is 10.4 Å². The molecule has 3 aromatic rings. The lowest BCUT2D eigenvalue weighted by molar-refractivity contribution is 0.0525. The summed E-state index contributed by atoms with van der Waals surface area (Å²) in [4.78, 5) is 39.7. The highest BCUT2D eigenvalue weighted by Gasteiger charge is 2.33. The maximum Gasteiger partial charge on any atom is 0.341 e. The Morgan fingerprint density at radius 2 is 1.67 bits per heavy atom. The third kappa shape index (κ3) is 5.17. The van der Waals surface area contributed by atoms with E-state index < -0.39 is 5.97 Å². The Bertz CT molecular complexity index is 1270. The first kappa shape index (κ1) is 23.8. The van der Waals surface area contributed by atoms with Crippen molar-refractivity contribution in [2.24, 2.45) is 0 Å². The van der Waals surface area contributed by atoms with Crippen LogP contribution in [-0.2, 0) is 11.3 Å². The Kier molecular flexibility index (Phi) is 6.59. The molecule has 36 heavy (non-hydrogen) atoms. The van der Waals surface area contributed by atoms with Gasteiger partial charge < -0.3 is 15.0 Å². The van der Waals surface area contributed by atoms with Crippen LogP contribution in [0.3, 0.4) is 0 Å². The summed E-state index contributed by atoms with van der Waals surface area (Å²) in [7, 11) is 0. The average molecular weight is 487 g/mol. The van der Waals surface area contributed by atoms with Crippen molar-refractivity contribution < 1.29 is 19.1 Å². The first-order valence-electron chi connectivity index (χ1n) is 12.5. The van der Waals surface area contributed by atoms with E-state index in [1.165, 1.54) is 6.20 Å². The molecule has 8 heteroatoms. The topological polar surface area (TPSA) is 93.5 Å². The number of ether oxygens (including phenoxy) is 1. The van der Waals surface area contributed by atoms with Gasteiger partial charge in [-0.3, -0.25) is 9.59 Å². The Labute approximate surface area is 210 Å². The summed E-state index contributed by atoms with van der Waals surface area (Å²) in [5.41, 5.74) is 4.10. The van der Waals surface area contributed by atoms with Crippen molar-refractivity contribution in [3.8, 4) is 5.69 Å². The van der Waals surface area contributed by atoms with Crippen LogP contribution < -0.4 is 5.32 Å². The van der Waals surface area contributed by atoms with E-state index >= 15 is 0 Å². The number of rotatable bonds is 9. The summed E-state index contributed by atoms with van der Waals surface area (Å²) in [5.74, 6) is -0.463. The van der Waals surface area contributed by atoms with Crippen LogP contribution in [0.1, 0.15) is 74.9 Å². The third-order valence-electron chi connectivity index (χ3n) is 6.59. The molecular weight excluding hydrogens is 456 g/mol. The number of nitrogens with zero attached hydrogens (tertiary/aromatic N) is 3. The SMILES string of the molecule is CCOC(=O)c1cnn(-c2ccc(C(=O)N(Cc3ccc(C(=O)NC4CC4)cc3)C3CC3)cc2)c1C. The number of esters is 1. The predicted octanol–water partition coefficient (Wildman–Crippen LogP) is 4.05. The molecule has 2 saturated carbocycles.